The Labute approximate surface area is 231 Å². The van der Waals surface area contributed by atoms with E-state index in [1.165, 1.54) is 73.6 Å². The van der Waals surface area contributed by atoms with Gasteiger partial charge in [0.1, 0.15) is 6.10 Å². The van der Waals surface area contributed by atoms with Gasteiger partial charge in [0, 0.05) is 0 Å². The second-order valence-electron chi connectivity index (χ2n) is 11.5. The summed E-state index contributed by atoms with van der Waals surface area (Å²) in [7, 11) is 0. The zero-order valence-corrected chi connectivity index (χ0v) is 24.1. The standard InChI is InChI=1S/C35H51FO2/c1-3-5-7-8-9-10-11-12-28-16-22-31(23-17-28)32-24-18-29(19-25-32)14-15-30-20-26-33(27-21-30)38-35(37)34(36)13-6-4-2/h16-19,22-25,30,33-34H,3-15,20-21,26-27H2,1-2H3/t30?,33?,34-/m0/s1. The van der Waals surface area contributed by atoms with Crippen LogP contribution in [0.3, 0.4) is 0 Å². The number of esters is 1. The van der Waals surface area contributed by atoms with Crippen LogP contribution in [0.4, 0.5) is 4.39 Å². The van der Waals surface area contributed by atoms with E-state index < -0.39 is 12.1 Å². The fourth-order valence-electron chi connectivity index (χ4n) is 5.66. The van der Waals surface area contributed by atoms with Gasteiger partial charge in [-0.2, -0.15) is 0 Å². The lowest BCUT2D eigenvalue weighted by molar-refractivity contribution is -0.157. The summed E-state index contributed by atoms with van der Waals surface area (Å²) in [6.07, 6.45) is 17.2. The molecule has 0 radical (unpaired) electrons. The van der Waals surface area contributed by atoms with Crippen LogP contribution in [0, 0.1) is 5.92 Å². The summed E-state index contributed by atoms with van der Waals surface area (Å²) < 4.78 is 19.4. The third-order valence-electron chi connectivity index (χ3n) is 8.29. The summed E-state index contributed by atoms with van der Waals surface area (Å²) in [6, 6.07) is 18.2. The number of ether oxygens (including phenoxy) is 1. The maximum absolute atomic E-state index is 13.9. The smallest absolute Gasteiger partial charge is 0.340 e. The lowest BCUT2D eigenvalue weighted by Gasteiger charge is -2.28. The normalized spacial score (nSPS) is 18.3. The van der Waals surface area contributed by atoms with Gasteiger partial charge in [-0.1, -0.05) is 114 Å². The molecule has 38 heavy (non-hydrogen) atoms. The van der Waals surface area contributed by atoms with Crippen molar-refractivity contribution in [2.45, 2.75) is 135 Å². The van der Waals surface area contributed by atoms with Gasteiger partial charge in [0.2, 0.25) is 0 Å². The Morgan fingerprint density at radius 3 is 1.84 bits per heavy atom. The van der Waals surface area contributed by atoms with Crippen LogP contribution in [-0.2, 0) is 22.4 Å². The summed E-state index contributed by atoms with van der Waals surface area (Å²) in [5.74, 6) is 0.0135. The predicted molar refractivity (Wildman–Crippen MR) is 158 cm³/mol. The SMILES string of the molecule is CCCCCCCCCc1ccc(-c2ccc(CCC3CCC(OC(=O)[C@@H](F)CCCC)CC3)cc2)cc1. The minimum atomic E-state index is -1.46. The molecule has 3 heteroatoms. The lowest BCUT2D eigenvalue weighted by atomic mass is 9.83. The van der Waals surface area contributed by atoms with E-state index in [0.29, 0.717) is 5.92 Å². The number of hydrogen-bond acceptors (Lipinski definition) is 2. The van der Waals surface area contributed by atoms with Gasteiger partial charge in [0.15, 0.2) is 6.17 Å². The van der Waals surface area contributed by atoms with Crippen LogP contribution >= 0.6 is 0 Å². The topological polar surface area (TPSA) is 26.3 Å². The van der Waals surface area contributed by atoms with Gasteiger partial charge >= 0.3 is 5.97 Å². The van der Waals surface area contributed by atoms with E-state index >= 15 is 0 Å². The average molecular weight is 523 g/mol. The Bertz CT molecular complexity index is 897. The van der Waals surface area contributed by atoms with Crippen LogP contribution in [0.15, 0.2) is 48.5 Å². The number of halogens is 1. The predicted octanol–water partition coefficient (Wildman–Crippen LogP) is 10.2. The fraction of sp³-hybridized carbons (Fsp3) is 0.629. The number of benzene rings is 2. The molecule has 1 fully saturated rings. The first-order valence-electron chi connectivity index (χ1n) is 15.6. The highest BCUT2D eigenvalue weighted by atomic mass is 19.1. The molecule has 2 aromatic carbocycles. The third-order valence-corrected chi connectivity index (χ3v) is 8.29. The van der Waals surface area contributed by atoms with Crippen molar-refractivity contribution in [3.8, 4) is 11.1 Å². The Morgan fingerprint density at radius 1 is 0.737 bits per heavy atom. The third kappa shape index (κ3) is 10.9. The highest BCUT2D eigenvalue weighted by Crippen LogP contribution is 2.30. The van der Waals surface area contributed by atoms with Crippen molar-refractivity contribution < 1.29 is 13.9 Å². The second kappa shape index (κ2) is 17.4. The summed E-state index contributed by atoms with van der Waals surface area (Å²) in [4.78, 5) is 11.9. The molecular weight excluding hydrogens is 471 g/mol. The highest BCUT2D eigenvalue weighted by Gasteiger charge is 2.27. The fourth-order valence-corrected chi connectivity index (χ4v) is 5.66. The van der Waals surface area contributed by atoms with Crippen molar-refractivity contribution >= 4 is 5.97 Å². The number of carbonyl (C=O) groups excluding carboxylic acids is 1. The molecule has 0 heterocycles. The van der Waals surface area contributed by atoms with Gasteiger partial charge in [0.05, 0.1) is 0 Å². The van der Waals surface area contributed by atoms with Crippen LogP contribution < -0.4 is 0 Å². The molecule has 1 atom stereocenters. The highest BCUT2D eigenvalue weighted by molar-refractivity contribution is 5.74. The zero-order valence-electron chi connectivity index (χ0n) is 24.1. The number of unbranched alkanes of at least 4 members (excludes halogenated alkanes) is 7. The second-order valence-corrected chi connectivity index (χ2v) is 11.5. The van der Waals surface area contributed by atoms with Crippen LogP contribution in [0.25, 0.3) is 11.1 Å². The van der Waals surface area contributed by atoms with Gasteiger partial charge in [-0.25, -0.2) is 9.18 Å². The van der Waals surface area contributed by atoms with Crippen molar-refractivity contribution in [3.05, 3.63) is 59.7 Å². The number of rotatable bonds is 17. The van der Waals surface area contributed by atoms with Crippen LogP contribution in [-0.4, -0.2) is 18.2 Å². The maximum atomic E-state index is 13.9. The molecule has 1 saturated carbocycles. The molecule has 0 aliphatic heterocycles. The first kappa shape index (κ1) is 30.4. The van der Waals surface area contributed by atoms with Crippen molar-refractivity contribution in [2.24, 2.45) is 5.92 Å². The van der Waals surface area contributed by atoms with Crippen molar-refractivity contribution in [1.29, 1.82) is 0 Å². The van der Waals surface area contributed by atoms with Crippen LogP contribution in [0.2, 0.25) is 0 Å². The maximum Gasteiger partial charge on any atom is 0.340 e. The summed E-state index contributed by atoms with van der Waals surface area (Å²) >= 11 is 0. The Balaban J connectivity index is 1.33. The van der Waals surface area contributed by atoms with E-state index in [9.17, 15) is 9.18 Å². The van der Waals surface area contributed by atoms with E-state index in [2.05, 4.69) is 55.5 Å². The number of hydrogen-bond donors (Lipinski definition) is 0. The van der Waals surface area contributed by atoms with Crippen LogP contribution in [0.5, 0.6) is 0 Å². The van der Waals surface area contributed by atoms with Crippen molar-refractivity contribution in [1.82, 2.24) is 0 Å². The van der Waals surface area contributed by atoms with Crippen molar-refractivity contribution in [2.75, 3.05) is 0 Å². The molecule has 1 aliphatic carbocycles. The Kier molecular flexibility index (Phi) is 13.9. The molecule has 0 N–H and O–H groups in total. The lowest BCUT2D eigenvalue weighted by Crippen LogP contribution is -2.29. The van der Waals surface area contributed by atoms with Gasteiger partial charge in [-0.15, -0.1) is 0 Å². The molecule has 3 rings (SSSR count). The van der Waals surface area contributed by atoms with Gasteiger partial charge in [-0.05, 0) is 86.0 Å². The monoisotopic (exact) mass is 522 g/mol. The molecule has 0 saturated heterocycles. The number of alkyl halides is 1. The molecular formula is C35H51FO2. The average Bonchev–Trinajstić information content (AvgIpc) is 2.95. The number of carbonyl (C=O) groups is 1. The quantitative estimate of drug-likeness (QED) is 0.153. The summed E-state index contributed by atoms with van der Waals surface area (Å²) in [6.45, 7) is 4.28. The summed E-state index contributed by atoms with van der Waals surface area (Å²) in [5, 5.41) is 0. The molecule has 2 aromatic rings. The molecule has 0 bridgehead atoms. The number of aryl methyl sites for hydroxylation is 2. The molecule has 0 amide bonds. The largest absolute Gasteiger partial charge is 0.460 e. The van der Waals surface area contributed by atoms with E-state index in [0.717, 1.165) is 51.4 Å². The van der Waals surface area contributed by atoms with E-state index in [1.807, 2.05) is 6.92 Å². The van der Waals surface area contributed by atoms with Gasteiger partial charge < -0.3 is 4.74 Å². The minimum Gasteiger partial charge on any atom is -0.460 e. The first-order chi connectivity index (χ1) is 18.6. The molecule has 2 nitrogen and oxygen atoms in total. The van der Waals surface area contributed by atoms with Crippen LogP contribution in [0.1, 0.15) is 121 Å². The van der Waals surface area contributed by atoms with E-state index in [4.69, 9.17) is 4.74 Å². The Hall–Kier alpha value is -2.16. The van der Waals surface area contributed by atoms with Crippen molar-refractivity contribution in [3.63, 3.8) is 0 Å². The minimum absolute atomic E-state index is 0.0974. The molecule has 210 valence electrons. The Morgan fingerprint density at radius 2 is 1.26 bits per heavy atom. The molecule has 0 aromatic heterocycles. The molecule has 1 aliphatic rings. The van der Waals surface area contributed by atoms with E-state index in [1.54, 1.807) is 0 Å². The summed E-state index contributed by atoms with van der Waals surface area (Å²) in [5.41, 5.74) is 5.40. The van der Waals surface area contributed by atoms with Gasteiger partial charge in [0.25, 0.3) is 0 Å². The van der Waals surface area contributed by atoms with E-state index in [-0.39, 0.29) is 12.5 Å². The molecule has 0 unspecified atom stereocenters. The van der Waals surface area contributed by atoms with Gasteiger partial charge in [-0.3, -0.25) is 0 Å². The first-order valence-corrected chi connectivity index (χ1v) is 15.6. The molecule has 0 spiro atoms. The zero-order chi connectivity index (χ0) is 27.0.